The summed E-state index contributed by atoms with van der Waals surface area (Å²) in [4.78, 5) is 16.8. The third-order valence-electron chi connectivity index (χ3n) is 5.61. The topological polar surface area (TPSA) is 51.0 Å². The summed E-state index contributed by atoms with van der Waals surface area (Å²) >= 11 is 6.08. The lowest BCUT2D eigenvalue weighted by atomic mass is 9.96. The van der Waals surface area contributed by atoms with Crippen molar-refractivity contribution >= 4 is 17.5 Å². The fourth-order valence-electron chi connectivity index (χ4n) is 4.40. The maximum Gasteiger partial charge on any atom is 0.223 e. The van der Waals surface area contributed by atoms with E-state index in [1.54, 1.807) is 12.4 Å². The first-order valence-corrected chi connectivity index (χ1v) is 9.41. The number of halogens is 1. The predicted molar refractivity (Wildman–Crippen MR) is 96.5 cm³/mol. The van der Waals surface area contributed by atoms with E-state index in [9.17, 15) is 4.79 Å². The first-order chi connectivity index (χ1) is 12.1. The lowest BCUT2D eigenvalue weighted by molar-refractivity contribution is -0.136. The third kappa shape index (κ3) is 3.30. The smallest absolute Gasteiger partial charge is 0.223 e. The molecule has 0 spiro atoms. The number of carbonyl (C=O) groups excluding carboxylic acids is 1. The van der Waals surface area contributed by atoms with Crippen LogP contribution in [0.15, 0.2) is 30.6 Å². The molecule has 2 aromatic rings. The molecule has 1 amide bonds. The van der Waals surface area contributed by atoms with Crippen LogP contribution in [0.2, 0.25) is 5.02 Å². The highest BCUT2D eigenvalue weighted by atomic mass is 35.5. The van der Waals surface area contributed by atoms with Crippen molar-refractivity contribution < 1.29 is 4.79 Å². The van der Waals surface area contributed by atoms with Crippen LogP contribution in [0, 0.1) is 6.92 Å². The van der Waals surface area contributed by atoms with Crippen LogP contribution >= 0.6 is 11.6 Å². The van der Waals surface area contributed by atoms with Crippen LogP contribution in [0.4, 0.5) is 0 Å². The van der Waals surface area contributed by atoms with Gasteiger partial charge in [-0.15, -0.1) is 0 Å². The summed E-state index contributed by atoms with van der Waals surface area (Å²) in [6.45, 7) is 2.00. The minimum absolute atomic E-state index is 0.284. The van der Waals surface area contributed by atoms with Crippen molar-refractivity contribution in [3.8, 4) is 0 Å². The van der Waals surface area contributed by atoms with Gasteiger partial charge in [0.2, 0.25) is 5.91 Å². The van der Waals surface area contributed by atoms with Crippen LogP contribution < -0.4 is 0 Å². The van der Waals surface area contributed by atoms with E-state index in [0.717, 1.165) is 42.7 Å². The van der Waals surface area contributed by atoms with Gasteiger partial charge < -0.3 is 4.90 Å². The average molecular weight is 359 g/mol. The van der Waals surface area contributed by atoms with Gasteiger partial charge in [-0.3, -0.25) is 4.79 Å². The number of benzene rings is 1. The molecule has 4 rings (SSSR count). The highest BCUT2D eigenvalue weighted by molar-refractivity contribution is 6.31. The molecular formula is C19H23ClN4O. The molecule has 0 radical (unpaired) electrons. The minimum atomic E-state index is 0.284. The van der Waals surface area contributed by atoms with E-state index in [1.807, 2.05) is 23.9 Å². The molecule has 0 saturated carbocycles. The summed E-state index contributed by atoms with van der Waals surface area (Å²) in [6, 6.07) is 7.04. The molecule has 1 aromatic heterocycles. The Kier molecular flexibility index (Phi) is 4.50. The van der Waals surface area contributed by atoms with Gasteiger partial charge in [0.05, 0.1) is 18.4 Å². The van der Waals surface area contributed by atoms with Crippen molar-refractivity contribution in [3.05, 3.63) is 46.7 Å². The fourth-order valence-corrected chi connectivity index (χ4v) is 4.52. The standard InChI is InChI=1S/C19H23ClN4O/c1-13-10-14(2-6-18(13)20)3-7-19(25)23-15-4-5-16(23)12-17(11-15)24-21-8-9-22-24/h2,6,8-10,15-17H,3-5,7,11-12H2,1H3. The number of amides is 1. The van der Waals surface area contributed by atoms with E-state index in [4.69, 9.17) is 11.6 Å². The van der Waals surface area contributed by atoms with Gasteiger partial charge in [-0.05, 0) is 56.2 Å². The summed E-state index contributed by atoms with van der Waals surface area (Å²) < 4.78 is 0. The summed E-state index contributed by atoms with van der Waals surface area (Å²) in [6.07, 6.45) is 8.95. The Morgan fingerprint density at radius 3 is 2.48 bits per heavy atom. The molecule has 0 aliphatic carbocycles. The first kappa shape index (κ1) is 16.6. The van der Waals surface area contributed by atoms with E-state index in [2.05, 4.69) is 21.2 Å². The summed E-state index contributed by atoms with van der Waals surface area (Å²) in [5.41, 5.74) is 2.25. The molecule has 0 N–H and O–H groups in total. The summed E-state index contributed by atoms with van der Waals surface area (Å²) in [5, 5.41) is 9.36. The zero-order valence-electron chi connectivity index (χ0n) is 14.4. The fraction of sp³-hybridized carbons (Fsp3) is 0.526. The van der Waals surface area contributed by atoms with Gasteiger partial charge in [0.25, 0.3) is 0 Å². The zero-order valence-corrected chi connectivity index (χ0v) is 15.2. The van der Waals surface area contributed by atoms with Crippen molar-refractivity contribution in [2.45, 2.75) is 63.6 Å². The summed E-state index contributed by atoms with van der Waals surface area (Å²) in [5.74, 6) is 0.284. The lowest BCUT2D eigenvalue weighted by Crippen LogP contribution is -2.47. The molecule has 2 aliphatic heterocycles. The second-order valence-electron chi connectivity index (χ2n) is 7.24. The van der Waals surface area contributed by atoms with Gasteiger partial charge in [0.1, 0.15) is 0 Å². The Hall–Kier alpha value is -1.88. The lowest BCUT2D eigenvalue weighted by Gasteiger charge is -2.38. The maximum atomic E-state index is 12.8. The predicted octanol–water partition coefficient (Wildman–Crippen LogP) is 3.57. The Bertz CT molecular complexity index is 747. The molecule has 2 atom stereocenters. The molecule has 6 heteroatoms. The molecule has 25 heavy (non-hydrogen) atoms. The van der Waals surface area contributed by atoms with Gasteiger partial charge in [0, 0.05) is 23.5 Å². The normalized spacial score (nSPS) is 25.4. The number of aromatic nitrogens is 3. The molecule has 3 heterocycles. The van der Waals surface area contributed by atoms with E-state index >= 15 is 0 Å². The molecule has 2 aliphatic rings. The number of piperidine rings is 1. The highest BCUT2D eigenvalue weighted by Gasteiger charge is 2.43. The third-order valence-corrected chi connectivity index (χ3v) is 6.03. The van der Waals surface area contributed by atoms with Crippen LogP contribution in [0.25, 0.3) is 0 Å². The number of aryl methyl sites for hydroxylation is 2. The van der Waals surface area contributed by atoms with Gasteiger partial charge in [-0.1, -0.05) is 23.7 Å². The second kappa shape index (κ2) is 6.79. The van der Waals surface area contributed by atoms with E-state index in [0.29, 0.717) is 24.5 Å². The Morgan fingerprint density at radius 1 is 1.16 bits per heavy atom. The Labute approximate surface area is 153 Å². The first-order valence-electron chi connectivity index (χ1n) is 9.04. The minimum Gasteiger partial charge on any atom is -0.337 e. The van der Waals surface area contributed by atoms with Crippen molar-refractivity contribution in [3.63, 3.8) is 0 Å². The van der Waals surface area contributed by atoms with Crippen LogP contribution in [-0.4, -0.2) is 37.9 Å². The number of hydrogen-bond donors (Lipinski definition) is 0. The Morgan fingerprint density at radius 2 is 1.84 bits per heavy atom. The second-order valence-corrected chi connectivity index (χ2v) is 7.65. The molecule has 2 unspecified atom stereocenters. The van der Waals surface area contributed by atoms with E-state index in [-0.39, 0.29) is 5.91 Å². The average Bonchev–Trinajstić information content (AvgIpc) is 3.22. The molecule has 5 nitrogen and oxygen atoms in total. The van der Waals surface area contributed by atoms with Crippen molar-refractivity contribution in [2.75, 3.05) is 0 Å². The molecule has 132 valence electrons. The SMILES string of the molecule is Cc1cc(CCC(=O)N2C3CCC2CC(n2nccn2)C3)ccc1Cl. The van der Waals surface area contributed by atoms with Crippen LogP contribution in [-0.2, 0) is 11.2 Å². The van der Waals surface area contributed by atoms with Crippen LogP contribution in [0.3, 0.4) is 0 Å². The number of nitrogens with zero attached hydrogens (tertiary/aromatic N) is 4. The zero-order chi connectivity index (χ0) is 17.4. The van der Waals surface area contributed by atoms with Crippen molar-refractivity contribution in [1.29, 1.82) is 0 Å². The quantitative estimate of drug-likeness (QED) is 0.839. The van der Waals surface area contributed by atoms with E-state index < -0.39 is 0 Å². The van der Waals surface area contributed by atoms with Gasteiger partial charge in [-0.25, -0.2) is 0 Å². The maximum absolute atomic E-state index is 12.8. The monoisotopic (exact) mass is 358 g/mol. The van der Waals surface area contributed by atoms with Crippen molar-refractivity contribution in [1.82, 2.24) is 19.9 Å². The molecule has 2 fully saturated rings. The number of fused-ring (bicyclic) bond motifs is 2. The number of rotatable bonds is 4. The molecular weight excluding hydrogens is 336 g/mol. The number of carbonyl (C=O) groups is 1. The largest absolute Gasteiger partial charge is 0.337 e. The van der Waals surface area contributed by atoms with Gasteiger partial charge in [0.15, 0.2) is 0 Å². The van der Waals surface area contributed by atoms with Crippen molar-refractivity contribution in [2.24, 2.45) is 0 Å². The number of hydrogen-bond acceptors (Lipinski definition) is 3. The van der Waals surface area contributed by atoms with Gasteiger partial charge >= 0.3 is 0 Å². The summed E-state index contributed by atoms with van der Waals surface area (Å²) in [7, 11) is 0. The highest BCUT2D eigenvalue weighted by Crippen LogP contribution is 2.40. The molecule has 1 aromatic carbocycles. The van der Waals surface area contributed by atoms with Gasteiger partial charge in [-0.2, -0.15) is 15.0 Å². The Balaban J connectivity index is 1.39. The van der Waals surface area contributed by atoms with Crippen LogP contribution in [0.1, 0.15) is 49.3 Å². The van der Waals surface area contributed by atoms with E-state index in [1.165, 1.54) is 5.56 Å². The van der Waals surface area contributed by atoms with Crippen LogP contribution in [0.5, 0.6) is 0 Å². The molecule has 2 saturated heterocycles. The molecule has 2 bridgehead atoms.